The Morgan fingerprint density at radius 2 is 1.94 bits per heavy atom. The van der Waals surface area contributed by atoms with Gasteiger partial charge in [-0.1, -0.05) is 50.2 Å². The quantitative estimate of drug-likeness (QED) is 0.179. The smallest absolute Gasteiger partial charge is 0.318 e. The first-order valence-electron chi connectivity index (χ1n) is 16.3. The normalized spacial score (nSPS) is 18.3. The van der Waals surface area contributed by atoms with E-state index in [1.54, 1.807) is 6.07 Å². The molecule has 1 saturated carbocycles. The number of nitrogens with zero attached hydrogens (tertiary/aromatic N) is 7. The highest BCUT2D eigenvalue weighted by atomic mass is 35.5. The molecule has 9 nitrogen and oxygen atoms in total. The Labute approximate surface area is 292 Å². The molecule has 3 aliphatic rings. The Balaban J connectivity index is 0.00000451. The van der Waals surface area contributed by atoms with Gasteiger partial charge in [-0.2, -0.15) is 23.5 Å². The Bertz CT molecular complexity index is 1730. The van der Waals surface area contributed by atoms with Crippen molar-refractivity contribution in [2.24, 2.45) is 5.41 Å². The van der Waals surface area contributed by atoms with E-state index in [0.717, 1.165) is 54.8 Å². The summed E-state index contributed by atoms with van der Waals surface area (Å²) in [6.07, 6.45) is 2.78. The molecule has 2 fully saturated rings. The van der Waals surface area contributed by atoms with E-state index < -0.39 is 23.6 Å². The molecule has 256 valence electrons. The molecule has 2 aliphatic heterocycles. The number of hydrogen-bond donors (Lipinski definition) is 0. The van der Waals surface area contributed by atoms with Crippen LogP contribution >= 0.6 is 25.1 Å². The van der Waals surface area contributed by atoms with Gasteiger partial charge < -0.3 is 29.2 Å². The second kappa shape index (κ2) is 14.8. The Kier molecular flexibility index (Phi) is 11.0. The van der Waals surface area contributed by atoms with E-state index in [0.29, 0.717) is 50.4 Å². The topological polar surface area (TPSA) is 69.4 Å². The van der Waals surface area contributed by atoms with Gasteiger partial charge in [0.2, 0.25) is 6.54 Å². The van der Waals surface area contributed by atoms with Crippen LogP contribution < -0.4 is 14.5 Å². The highest BCUT2D eigenvalue weighted by molar-refractivity contribution is 7.59. The monoisotopic (exact) mass is 697 g/mol. The lowest BCUT2D eigenvalue weighted by Gasteiger charge is -2.41. The lowest BCUT2D eigenvalue weighted by atomic mass is 10.0. The van der Waals surface area contributed by atoms with Crippen LogP contribution in [0.1, 0.15) is 37.9 Å². The molecule has 1 aliphatic carbocycles. The number of aromatic nitrogens is 2. The van der Waals surface area contributed by atoms with E-state index in [-0.39, 0.29) is 43.0 Å². The highest BCUT2D eigenvalue weighted by Crippen LogP contribution is 2.46. The number of anilines is 2. The maximum absolute atomic E-state index is 14.6. The minimum absolute atomic E-state index is 0. The van der Waals surface area contributed by atoms with Crippen molar-refractivity contribution < 1.29 is 18.3 Å². The molecule has 1 amide bonds. The zero-order valence-electron chi connectivity index (χ0n) is 27.4. The second-order valence-corrected chi connectivity index (χ2v) is 13.1. The van der Waals surface area contributed by atoms with Gasteiger partial charge in [0.1, 0.15) is 17.7 Å². The predicted octanol–water partition coefficient (Wildman–Crippen LogP) is 6.02. The van der Waals surface area contributed by atoms with Crippen LogP contribution in [0.5, 0.6) is 6.01 Å². The zero-order valence-corrected chi connectivity index (χ0v) is 29.2. The van der Waals surface area contributed by atoms with Crippen molar-refractivity contribution in [2.75, 3.05) is 68.8 Å². The lowest BCUT2D eigenvalue weighted by Crippen LogP contribution is -2.57. The molecule has 3 aromatic rings. The number of benzene rings is 2. The van der Waals surface area contributed by atoms with Gasteiger partial charge in [0.25, 0.3) is 5.91 Å². The molecule has 0 unspecified atom stereocenters. The average molecular weight is 698 g/mol. The SMILES string of the molecule is S.[C-]#[N+]C[C@H]1CN(c2nc(OCC3(CN(CC)CC)CC3)nc3c2CCN(c2cccc4ccc(F)c(Cl)c24)C3)CCN1C(=O)C(=C)F. The number of ether oxygens (including phenoxy) is 1. The molecule has 2 aromatic carbocycles. The van der Waals surface area contributed by atoms with Crippen LogP contribution in [0.2, 0.25) is 5.02 Å². The Hall–Kier alpha value is -3.66. The second-order valence-electron chi connectivity index (χ2n) is 12.8. The van der Waals surface area contributed by atoms with E-state index in [1.807, 2.05) is 18.2 Å². The first-order valence-corrected chi connectivity index (χ1v) is 16.6. The molecule has 1 aromatic heterocycles. The number of halogens is 3. The van der Waals surface area contributed by atoms with Gasteiger partial charge in [-0.15, -0.1) is 0 Å². The fourth-order valence-electron chi connectivity index (χ4n) is 6.87. The summed E-state index contributed by atoms with van der Waals surface area (Å²) in [5, 5.41) is 1.60. The van der Waals surface area contributed by atoms with Crippen LogP contribution in [0.15, 0.2) is 42.7 Å². The molecule has 0 spiro atoms. The van der Waals surface area contributed by atoms with Crippen LogP contribution in [0.4, 0.5) is 20.3 Å². The molecule has 0 bridgehead atoms. The molecular formula is C35H42ClF2N7O2S. The summed E-state index contributed by atoms with van der Waals surface area (Å²) in [5.74, 6) is -1.57. The van der Waals surface area contributed by atoms with Crippen molar-refractivity contribution in [3.63, 3.8) is 0 Å². The zero-order chi connectivity index (χ0) is 33.3. The van der Waals surface area contributed by atoms with Gasteiger partial charge in [-0.3, -0.25) is 4.79 Å². The minimum atomic E-state index is -1.03. The molecule has 1 saturated heterocycles. The fourth-order valence-corrected chi connectivity index (χ4v) is 7.14. The van der Waals surface area contributed by atoms with E-state index >= 15 is 0 Å². The van der Waals surface area contributed by atoms with E-state index in [4.69, 9.17) is 32.9 Å². The van der Waals surface area contributed by atoms with Crippen molar-refractivity contribution in [3.05, 3.63) is 76.3 Å². The number of fused-ring (bicyclic) bond motifs is 2. The minimum Gasteiger partial charge on any atom is -0.463 e. The number of amides is 1. The van der Waals surface area contributed by atoms with Crippen molar-refractivity contribution in [2.45, 2.75) is 45.7 Å². The molecule has 6 rings (SSSR count). The average Bonchev–Trinajstić information content (AvgIpc) is 3.86. The maximum atomic E-state index is 14.6. The lowest BCUT2D eigenvalue weighted by molar-refractivity contribution is -0.131. The van der Waals surface area contributed by atoms with Gasteiger partial charge in [-0.25, -0.2) is 15.4 Å². The third kappa shape index (κ3) is 7.19. The highest BCUT2D eigenvalue weighted by Gasteiger charge is 2.45. The summed E-state index contributed by atoms with van der Waals surface area (Å²) in [6, 6.07) is 8.69. The summed E-state index contributed by atoms with van der Waals surface area (Å²) < 4.78 is 34.9. The third-order valence-corrected chi connectivity index (χ3v) is 10.1. The summed E-state index contributed by atoms with van der Waals surface area (Å²) in [5.41, 5.74) is 2.66. The molecule has 3 heterocycles. The van der Waals surface area contributed by atoms with Crippen LogP contribution in [0.3, 0.4) is 0 Å². The number of rotatable bonds is 11. The van der Waals surface area contributed by atoms with Crippen molar-refractivity contribution in [3.8, 4) is 6.01 Å². The van der Waals surface area contributed by atoms with Gasteiger partial charge in [0.15, 0.2) is 5.83 Å². The Morgan fingerprint density at radius 3 is 2.62 bits per heavy atom. The van der Waals surface area contributed by atoms with Crippen LogP contribution in [-0.2, 0) is 17.8 Å². The molecule has 1 atom stereocenters. The number of hydrogen-bond acceptors (Lipinski definition) is 7. The van der Waals surface area contributed by atoms with Crippen LogP contribution in [-0.4, -0.2) is 90.7 Å². The molecular weight excluding hydrogens is 656 g/mol. The first-order chi connectivity index (χ1) is 22.7. The van der Waals surface area contributed by atoms with E-state index in [2.05, 4.69) is 40.0 Å². The van der Waals surface area contributed by atoms with Gasteiger partial charge >= 0.3 is 6.01 Å². The van der Waals surface area contributed by atoms with Crippen LogP contribution in [0.25, 0.3) is 15.6 Å². The van der Waals surface area contributed by atoms with Gasteiger partial charge in [0, 0.05) is 54.8 Å². The van der Waals surface area contributed by atoms with Gasteiger partial charge in [-0.05, 0) is 49.9 Å². The number of carbonyl (C=O) groups excluding carboxylic acids is 1. The van der Waals surface area contributed by atoms with E-state index in [1.165, 1.54) is 11.0 Å². The third-order valence-electron chi connectivity index (χ3n) is 9.77. The Morgan fingerprint density at radius 1 is 1.17 bits per heavy atom. The molecule has 0 radical (unpaired) electrons. The van der Waals surface area contributed by atoms with Crippen molar-refractivity contribution >= 4 is 53.3 Å². The molecule has 48 heavy (non-hydrogen) atoms. The summed E-state index contributed by atoms with van der Waals surface area (Å²) in [6.45, 7) is 20.5. The predicted molar refractivity (Wildman–Crippen MR) is 190 cm³/mol. The first kappa shape index (κ1) is 35.6. The summed E-state index contributed by atoms with van der Waals surface area (Å²) >= 11 is 6.51. The molecule has 0 N–H and O–H groups in total. The van der Waals surface area contributed by atoms with E-state index in [9.17, 15) is 13.6 Å². The standard InChI is InChI=1S/C35H40ClF2N7O2.H2S/c1-5-42(6-2)21-35(13-14-35)22-47-34-40-28-20-43(29-9-7-8-24-10-11-27(38)31(36)30(24)29)15-12-26(28)32(41-34)44-16-17-45(33(46)23(3)37)25(19-44)18-39-4;/h7-11,25H,3,5-6,12-22H2,1-2H3;1H2/t25-;/m0./s1. The fraction of sp³-hybridized carbons (Fsp3) is 0.486. The number of carbonyl (C=O) groups is 1. The number of piperazine rings is 1. The maximum Gasteiger partial charge on any atom is 0.318 e. The van der Waals surface area contributed by atoms with Crippen molar-refractivity contribution in [1.82, 2.24) is 19.8 Å². The summed E-state index contributed by atoms with van der Waals surface area (Å²) in [4.78, 5) is 34.0. The van der Waals surface area contributed by atoms with Crippen LogP contribution in [0, 0.1) is 17.8 Å². The molecule has 13 heteroatoms. The van der Waals surface area contributed by atoms with Gasteiger partial charge in [0.05, 0.1) is 23.9 Å². The van der Waals surface area contributed by atoms with Crippen molar-refractivity contribution in [1.29, 1.82) is 0 Å². The largest absolute Gasteiger partial charge is 0.463 e. The summed E-state index contributed by atoms with van der Waals surface area (Å²) in [7, 11) is 0.